The van der Waals surface area contributed by atoms with Gasteiger partial charge in [-0.15, -0.1) is 0 Å². The number of rotatable bonds is 12. The molecule has 3 aromatic rings. The monoisotopic (exact) mass is 639 g/mol. The van der Waals surface area contributed by atoms with Gasteiger partial charge in [-0.1, -0.05) is 66.0 Å². The van der Waals surface area contributed by atoms with E-state index in [1.807, 2.05) is 13.8 Å². The lowest BCUT2D eigenvalue weighted by Crippen LogP contribution is -2.52. The molecule has 0 radical (unpaired) electrons. The summed E-state index contributed by atoms with van der Waals surface area (Å²) in [5, 5.41) is 3.84. The maximum atomic E-state index is 14.1. The summed E-state index contributed by atoms with van der Waals surface area (Å²) in [6.45, 7) is 4.63. The zero-order chi connectivity index (χ0) is 30.3. The summed E-state index contributed by atoms with van der Waals surface area (Å²) >= 11 is 18.7. The minimum absolute atomic E-state index is 0.0373. The smallest absolute Gasteiger partial charge is 0.264 e. The van der Waals surface area contributed by atoms with Crippen LogP contribution in [0.4, 0.5) is 5.69 Å². The number of methoxy groups -OCH3 is 1. The Morgan fingerprint density at radius 1 is 0.951 bits per heavy atom. The SMILES string of the molecule is CC[C@@H](C)NC(=O)[C@H](C)N(Cc1ccc(Cl)cc1Cl)C(=O)CN(c1cc(Cl)ccc1OC)S(=O)(=O)c1ccccc1. The second-order valence-electron chi connectivity index (χ2n) is 9.39. The molecule has 0 fully saturated rings. The number of benzene rings is 3. The minimum Gasteiger partial charge on any atom is -0.495 e. The number of hydrogen-bond donors (Lipinski definition) is 1. The molecule has 0 saturated heterocycles. The van der Waals surface area contributed by atoms with Crippen molar-refractivity contribution in [2.24, 2.45) is 0 Å². The second kappa shape index (κ2) is 14.3. The first-order valence-electron chi connectivity index (χ1n) is 12.8. The molecule has 3 aromatic carbocycles. The zero-order valence-corrected chi connectivity index (χ0v) is 26.2. The molecule has 0 aliphatic carbocycles. The van der Waals surface area contributed by atoms with E-state index in [0.29, 0.717) is 22.0 Å². The number of sulfonamides is 1. The third-order valence-corrected chi connectivity index (χ3v) is 9.14. The highest BCUT2D eigenvalue weighted by Gasteiger charge is 2.34. The first-order chi connectivity index (χ1) is 19.4. The van der Waals surface area contributed by atoms with E-state index in [9.17, 15) is 18.0 Å². The van der Waals surface area contributed by atoms with Crippen LogP contribution in [0.3, 0.4) is 0 Å². The van der Waals surface area contributed by atoms with Crippen molar-refractivity contribution in [2.45, 2.75) is 50.7 Å². The summed E-state index contributed by atoms with van der Waals surface area (Å²) in [5.41, 5.74) is 0.601. The van der Waals surface area contributed by atoms with Gasteiger partial charge in [-0.3, -0.25) is 13.9 Å². The molecule has 0 saturated carbocycles. The lowest BCUT2D eigenvalue weighted by atomic mass is 10.1. The van der Waals surface area contributed by atoms with E-state index >= 15 is 0 Å². The van der Waals surface area contributed by atoms with Crippen molar-refractivity contribution in [3.8, 4) is 5.75 Å². The van der Waals surface area contributed by atoms with E-state index in [2.05, 4.69) is 5.32 Å². The highest BCUT2D eigenvalue weighted by Crippen LogP contribution is 2.35. The molecule has 3 rings (SSSR count). The molecule has 0 bridgehead atoms. The molecule has 0 aliphatic heterocycles. The van der Waals surface area contributed by atoms with Crippen LogP contribution in [0.5, 0.6) is 5.75 Å². The van der Waals surface area contributed by atoms with Crippen LogP contribution < -0.4 is 14.4 Å². The Hall–Kier alpha value is -2.98. The molecule has 41 heavy (non-hydrogen) atoms. The van der Waals surface area contributed by atoms with Gasteiger partial charge in [0.1, 0.15) is 18.3 Å². The fraction of sp³-hybridized carbons (Fsp3) is 0.310. The number of ether oxygens (including phenoxy) is 1. The third kappa shape index (κ3) is 8.07. The van der Waals surface area contributed by atoms with Crippen LogP contribution in [0.25, 0.3) is 0 Å². The molecule has 2 amide bonds. The van der Waals surface area contributed by atoms with Gasteiger partial charge in [0.05, 0.1) is 17.7 Å². The van der Waals surface area contributed by atoms with Gasteiger partial charge in [0.15, 0.2) is 0 Å². The van der Waals surface area contributed by atoms with E-state index in [4.69, 9.17) is 39.5 Å². The zero-order valence-electron chi connectivity index (χ0n) is 23.1. The third-order valence-electron chi connectivity index (χ3n) is 6.54. The van der Waals surface area contributed by atoms with E-state index in [0.717, 1.165) is 4.31 Å². The minimum atomic E-state index is -4.28. The average molecular weight is 641 g/mol. The number of carbonyl (C=O) groups excluding carboxylic acids is 2. The molecular formula is C29H32Cl3N3O5S. The topological polar surface area (TPSA) is 96.0 Å². The second-order valence-corrected chi connectivity index (χ2v) is 12.5. The van der Waals surface area contributed by atoms with Crippen LogP contribution in [0.1, 0.15) is 32.8 Å². The van der Waals surface area contributed by atoms with E-state index in [1.165, 1.54) is 42.3 Å². The average Bonchev–Trinajstić information content (AvgIpc) is 2.95. The molecular weight excluding hydrogens is 609 g/mol. The molecule has 220 valence electrons. The molecule has 0 heterocycles. The normalized spacial score (nSPS) is 12.8. The van der Waals surface area contributed by atoms with E-state index in [-0.39, 0.29) is 33.9 Å². The van der Waals surface area contributed by atoms with Gasteiger partial charge in [0, 0.05) is 27.7 Å². The predicted octanol–water partition coefficient (Wildman–Crippen LogP) is 6.18. The molecule has 0 aliphatic rings. The summed E-state index contributed by atoms with van der Waals surface area (Å²) in [6.07, 6.45) is 0.688. The Balaban J connectivity index is 2.10. The number of carbonyl (C=O) groups is 2. The van der Waals surface area contributed by atoms with Gasteiger partial charge >= 0.3 is 0 Å². The van der Waals surface area contributed by atoms with Crippen LogP contribution in [0.2, 0.25) is 15.1 Å². The van der Waals surface area contributed by atoms with Crippen molar-refractivity contribution in [1.29, 1.82) is 0 Å². The maximum Gasteiger partial charge on any atom is 0.264 e. The Bertz CT molecular complexity index is 1490. The van der Waals surface area contributed by atoms with Gasteiger partial charge < -0.3 is 15.0 Å². The summed E-state index contributed by atoms with van der Waals surface area (Å²) in [7, 11) is -2.90. The Labute approximate surface area is 256 Å². The fourth-order valence-electron chi connectivity index (χ4n) is 3.97. The van der Waals surface area contributed by atoms with Crippen LogP contribution in [0, 0.1) is 0 Å². The van der Waals surface area contributed by atoms with Gasteiger partial charge in [-0.2, -0.15) is 0 Å². The number of nitrogens with one attached hydrogen (secondary N) is 1. The highest BCUT2D eigenvalue weighted by molar-refractivity contribution is 7.92. The molecule has 0 unspecified atom stereocenters. The van der Waals surface area contributed by atoms with Crippen molar-refractivity contribution in [3.05, 3.63) is 87.4 Å². The highest BCUT2D eigenvalue weighted by atomic mass is 35.5. The standard InChI is InChI=1S/C29H32Cl3N3O5S/c1-5-19(2)33-29(37)20(3)34(17-21-11-12-22(30)15-25(21)32)28(36)18-35(26-16-23(31)13-14-27(26)40-4)41(38,39)24-9-7-6-8-10-24/h6-16,19-20H,5,17-18H2,1-4H3,(H,33,37)/t19-,20+/m1/s1. The first kappa shape index (κ1) is 32.5. The quantitative estimate of drug-likeness (QED) is 0.255. The van der Waals surface area contributed by atoms with Crippen molar-refractivity contribution in [1.82, 2.24) is 10.2 Å². The molecule has 8 nitrogen and oxygen atoms in total. The van der Waals surface area contributed by atoms with Gasteiger partial charge in [0.25, 0.3) is 10.0 Å². The molecule has 0 aromatic heterocycles. The Morgan fingerprint density at radius 2 is 1.59 bits per heavy atom. The van der Waals surface area contributed by atoms with E-state index in [1.54, 1.807) is 43.3 Å². The lowest BCUT2D eigenvalue weighted by Gasteiger charge is -2.33. The Kier molecular flexibility index (Phi) is 11.3. The van der Waals surface area contributed by atoms with Crippen LogP contribution in [-0.2, 0) is 26.2 Å². The molecule has 0 spiro atoms. The number of amides is 2. The predicted molar refractivity (Wildman–Crippen MR) is 163 cm³/mol. The van der Waals surface area contributed by atoms with Crippen molar-refractivity contribution in [2.75, 3.05) is 18.0 Å². The molecule has 12 heteroatoms. The summed E-state index contributed by atoms with van der Waals surface area (Å²) in [4.78, 5) is 28.5. The summed E-state index contributed by atoms with van der Waals surface area (Å²) < 4.78 is 34.3. The Morgan fingerprint density at radius 3 is 2.20 bits per heavy atom. The number of hydrogen-bond acceptors (Lipinski definition) is 5. The summed E-state index contributed by atoms with van der Waals surface area (Å²) in [6, 6.07) is 15.9. The van der Waals surface area contributed by atoms with E-state index < -0.39 is 34.4 Å². The molecule has 1 N–H and O–H groups in total. The van der Waals surface area contributed by atoms with Gasteiger partial charge in [-0.25, -0.2) is 8.42 Å². The maximum absolute atomic E-state index is 14.1. The fourth-order valence-corrected chi connectivity index (χ4v) is 6.04. The van der Waals surface area contributed by atoms with Crippen LogP contribution in [0.15, 0.2) is 71.6 Å². The number of halogens is 3. The van der Waals surface area contributed by atoms with Crippen molar-refractivity contribution in [3.63, 3.8) is 0 Å². The largest absolute Gasteiger partial charge is 0.495 e. The van der Waals surface area contributed by atoms with Crippen molar-refractivity contribution >= 4 is 62.3 Å². The molecule has 2 atom stereocenters. The lowest BCUT2D eigenvalue weighted by molar-refractivity contribution is -0.139. The number of anilines is 1. The summed E-state index contributed by atoms with van der Waals surface area (Å²) in [5.74, 6) is -0.850. The van der Waals surface area contributed by atoms with Crippen LogP contribution in [-0.4, -0.2) is 50.9 Å². The van der Waals surface area contributed by atoms with Crippen LogP contribution >= 0.6 is 34.8 Å². The number of nitrogens with zero attached hydrogens (tertiary/aromatic N) is 2. The van der Waals surface area contributed by atoms with Crippen molar-refractivity contribution < 1.29 is 22.7 Å². The first-order valence-corrected chi connectivity index (χ1v) is 15.4. The van der Waals surface area contributed by atoms with Gasteiger partial charge in [0.2, 0.25) is 11.8 Å². The van der Waals surface area contributed by atoms with Gasteiger partial charge in [-0.05, 0) is 68.3 Å².